The quantitative estimate of drug-likeness (QED) is 0.231. The number of aromatic amines is 1. The van der Waals surface area contributed by atoms with Crippen LogP contribution in [-0.4, -0.2) is 57.0 Å². The standard InChI is InChI=1S/C19H27FN4O2.HI/c1-21-19(22-7-2-9-26-16-6-10-25-13-16)23-8-5-14-12-24-18-11-15(20)3-4-17(14)18;/h3-4,11-12,16,24H,2,5-10,13H2,1H3,(H2,21,22,23);1H. The minimum Gasteiger partial charge on any atom is -0.379 e. The number of nitrogens with one attached hydrogen (secondary N) is 3. The van der Waals surface area contributed by atoms with Crippen molar-refractivity contribution in [2.24, 2.45) is 4.99 Å². The monoisotopic (exact) mass is 490 g/mol. The van der Waals surface area contributed by atoms with Gasteiger partial charge in [-0.25, -0.2) is 4.39 Å². The van der Waals surface area contributed by atoms with Gasteiger partial charge in [-0.1, -0.05) is 0 Å². The third kappa shape index (κ3) is 6.62. The molecule has 8 heteroatoms. The number of aliphatic imine (C=N–C) groups is 1. The first-order chi connectivity index (χ1) is 12.8. The van der Waals surface area contributed by atoms with E-state index in [1.165, 1.54) is 12.1 Å². The molecular formula is C19H28FIN4O2. The fourth-order valence-electron chi connectivity index (χ4n) is 3.07. The Kier molecular flexibility index (Phi) is 9.29. The predicted octanol–water partition coefficient (Wildman–Crippen LogP) is 2.83. The lowest BCUT2D eigenvalue weighted by Crippen LogP contribution is -2.39. The molecule has 1 aliphatic heterocycles. The molecular weight excluding hydrogens is 462 g/mol. The molecule has 3 N–H and O–H groups in total. The molecule has 1 saturated heterocycles. The number of benzene rings is 1. The molecule has 1 unspecified atom stereocenters. The molecule has 150 valence electrons. The van der Waals surface area contributed by atoms with E-state index in [0.717, 1.165) is 74.6 Å². The molecule has 2 aromatic rings. The number of hydrogen-bond donors (Lipinski definition) is 3. The highest BCUT2D eigenvalue weighted by Crippen LogP contribution is 2.19. The largest absolute Gasteiger partial charge is 0.379 e. The summed E-state index contributed by atoms with van der Waals surface area (Å²) in [6, 6.07) is 4.83. The van der Waals surface area contributed by atoms with Gasteiger partial charge in [0.15, 0.2) is 5.96 Å². The highest BCUT2D eigenvalue weighted by Gasteiger charge is 2.15. The van der Waals surface area contributed by atoms with Crippen molar-refractivity contribution in [3.05, 3.63) is 35.8 Å². The zero-order chi connectivity index (χ0) is 18.2. The number of nitrogens with zero attached hydrogens (tertiary/aromatic N) is 1. The Morgan fingerprint density at radius 2 is 2.22 bits per heavy atom. The average molecular weight is 490 g/mol. The van der Waals surface area contributed by atoms with Crippen LogP contribution in [0.2, 0.25) is 0 Å². The zero-order valence-corrected chi connectivity index (χ0v) is 17.9. The number of halogens is 2. The van der Waals surface area contributed by atoms with Gasteiger partial charge >= 0.3 is 0 Å². The lowest BCUT2D eigenvalue weighted by atomic mass is 10.1. The Morgan fingerprint density at radius 3 is 3.00 bits per heavy atom. The predicted molar refractivity (Wildman–Crippen MR) is 117 cm³/mol. The normalized spacial score (nSPS) is 17.1. The van der Waals surface area contributed by atoms with Gasteiger partial charge in [-0.05, 0) is 43.0 Å². The number of fused-ring (bicyclic) bond motifs is 1. The molecule has 6 nitrogen and oxygen atoms in total. The second kappa shape index (κ2) is 11.5. The molecule has 1 atom stereocenters. The van der Waals surface area contributed by atoms with E-state index < -0.39 is 0 Å². The summed E-state index contributed by atoms with van der Waals surface area (Å²) in [5, 5.41) is 7.66. The van der Waals surface area contributed by atoms with Crippen molar-refractivity contribution in [2.45, 2.75) is 25.4 Å². The molecule has 0 bridgehead atoms. The molecule has 0 spiro atoms. The molecule has 1 fully saturated rings. The van der Waals surface area contributed by atoms with Crippen LogP contribution >= 0.6 is 24.0 Å². The zero-order valence-electron chi connectivity index (χ0n) is 15.6. The van der Waals surface area contributed by atoms with Crippen molar-refractivity contribution in [1.82, 2.24) is 15.6 Å². The van der Waals surface area contributed by atoms with Gasteiger partial charge in [0.2, 0.25) is 0 Å². The number of ether oxygens (including phenoxy) is 2. The van der Waals surface area contributed by atoms with Gasteiger partial charge in [0.1, 0.15) is 5.82 Å². The Balaban J connectivity index is 0.00000261. The first-order valence-electron chi connectivity index (χ1n) is 9.15. The van der Waals surface area contributed by atoms with Crippen molar-refractivity contribution in [2.75, 3.05) is 40.0 Å². The van der Waals surface area contributed by atoms with Gasteiger partial charge in [0.25, 0.3) is 0 Å². The molecule has 1 aliphatic rings. The maximum Gasteiger partial charge on any atom is 0.190 e. The minimum absolute atomic E-state index is 0. The summed E-state index contributed by atoms with van der Waals surface area (Å²) >= 11 is 0. The lowest BCUT2D eigenvalue weighted by molar-refractivity contribution is 0.0420. The number of hydrogen-bond acceptors (Lipinski definition) is 3. The third-order valence-electron chi connectivity index (χ3n) is 4.49. The van der Waals surface area contributed by atoms with E-state index in [0.29, 0.717) is 0 Å². The molecule has 27 heavy (non-hydrogen) atoms. The van der Waals surface area contributed by atoms with Crippen LogP contribution in [0.4, 0.5) is 4.39 Å². The summed E-state index contributed by atoms with van der Waals surface area (Å²) in [7, 11) is 1.76. The molecule has 1 aromatic carbocycles. The van der Waals surface area contributed by atoms with Crippen molar-refractivity contribution < 1.29 is 13.9 Å². The Bertz CT molecular complexity index is 732. The highest BCUT2D eigenvalue weighted by molar-refractivity contribution is 14.0. The molecule has 2 heterocycles. The molecule has 0 amide bonds. The molecule has 0 aliphatic carbocycles. The number of H-pyrrole nitrogens is 1. The fourth-order valence-corrected chi connectivity index (χ4v) is 3.07. The van der Waals surface area contributed by atoms with Gasteiger partial charge in [-0.3, -0.25) is 4.99 Å². The van der Waals surface area contributed by atoms with Crippen LogP contribution in [0, 0.1) is 5.82 Å². The second-order valence-electron chi connectivity index (χ2n) is 6.39. The van der Waals surface area contributed by atoms with Crippen LogP contribution in [-0.2, 0) is 15.9 Å². The van der Waals surface area contributed by atoms with E-state index in [2.05, 4.69) is 20.6 Å². The first kappa shape index (κ1) is 21.9. The van der Waals surface area contributed by atoms with Gasteiger partial charge in [0, 0.05) is 50.5 Å². The maximum atomic E-state index is 13.2. The fraction of sp³-hybridized carbons (Fsp3) is 0.526. The Labute approximate surface area is 176 Å². The molecule has 3 rings (SSSR count). The summed E-state index contributed by atoms with van der Waals surface area (Å²) in [5.74, 6) is 0.554. The topological polar surface area (TPSA) is 70.7 Å². The van der Waals surface area contributed by atoms with E-state index in [1.807, 2.05) is 12.3 Å². The van der Waals surface area contributed by atoms with Crippen molar-refractivity contribution in [3.8, 4) is 0 Å². The highest BCUT2D eigenvalue weighted by atomic mass is 127. The minimum atomic E-state index is -0.224. The van der Waals surface area contributed by atoms with Crippen molar-refractivity contribution in [3.63, 3.8) is 0 Å². The van der Waals surface area contributed by atoms with Crippen LogP contribution in [0.15, 0.2) is 29.4 Å². The summed E-state index contributed by atoms with van der Waals surface area (Å²) in [4.78, 5) is 7.35. The Morgan fingerprint density at radius 1 is 1.37 bits per heavy atom. The van der Waals surface area contributed by atoms with Gasteiger partial charge < -0.3 is 25.1 Å². The van der Waals surface area contributed by atoms with Crippen LogP contribution in [0.25, 0.3) is 10.9 Å². The van der Waals surface area contributed by atoms with Crippen LogP contribution in [0.3, 0.4) is 0 Å². The van der Waals surface area contributed by atoms with E-state index in [1.54, 1.807) is 7.05 Å². The average Bonchev–Trinajstić information content (AvgIpc) is 3.29. The maximum absolute atomic E-state index is 13.2. The third-order valence-corrected chi connectivity index (χ3v) is 4.49. The van der Waals surface area contributed by atoms with Crippen molar-refractivity contribution in [1.29, 1.82) is 0 Å². The van der Waals surface area contributed by atoms with E-state index in [-0.39, 0.29) is 35.9 Å². The van der Waals surface area contributed by atoms with Gasteiger partial charge in [0.05, 0.1) is 12.7 Å². The lowest BCUT2D eigenvalue weighted by Gasteiger charge is -2.13. The number of rotatable bonds is 8. The summed E-state index contributed by atoms with van der Waals surface area (Å²) in [6.07, 6.45) is 4.95. The Hall–Kier alpha value is -1.39. The first-order valence-corrected chi connectivity index (χ1v) is 9.15. The summed E-state index contributed by atoms with van der Waals surface area (Å²) in [6.45, 7) is 3.81. The number of aromatic nitrogens is 1. The van der Waals surface area contributed by atoms with Gasteiger partial charge in [-0.15, -0.1) is 24.0 Å². The molecule has 1 aromatic heterocycles. The van der Waals surface area contributed by atoms with E-state index in [9.17, 15) is 4.39 Å². The van der Waals surface area contributed by atoms with Crippen LogP contribution in [0.1, 0.15) is 18.4 Å². The summed E-state index contributed by atoms with van der Waals surface area (Å²) < 4.78 is 24.3. The molecule has 0 saturated carbocycles. The smallest absolute Gasteiger partial charge is 0.190 e. The number of guanidine groups is 1. The van der Waals surface area contributed by atoms with Crippen LogP contribution in [0.5, 0.6) is 0 Å². The van der Waals surface area contributed by atoms with E-state index in [4.69, 9.17) is 9.47 Å². The SMILES string of the molecule is CN=C(NCCCOC1CCOC1)NCCc1c[nH]c2cc(F)ccc12.I. The summed E-state index contributed by atoms with van der Waals surface area (Å²) in [5.41, 5.74) is 1.99. The molecule has 0 radical (unpaired) electrons. The second-order valence-corrected chi connectivity index (χ2v) is 6.39. The van der Waals surface area contributed by atoms with Gasteiger partial charge in [-0.2, -0.15) is 0 Å². The van der Waals surface area contributed by atoms with Crippen LogP contribution < -0.4 is 10.6 Å². The van der Waals surface area contributed by atoms with Crippen molar-refractivity contribution >= 4 is 40.8 Å². The van der Waals surface area contributed by atoms with E-state index >= 15 is 0 Å².